The first-order valence-electron chi connectivity index (χ1n) is 11.4. The summed E-state index contributed by atoms with van der Waals surface area (Å²) in [5.41, 5.74) is 2.01. The van der Waals surface area contributed by atoms with Crippen LogP contribution in [0, 0.1) is 5.92 Å². The van der Waals surface area contributed by atoms with Gasteiger partial charge in [-0.25, -0.2) is 0 Å². The highest BCUT2D eigenvalue weighted by atomic mass is 16.5. The van der Waals surface area contributed by atoms with Gasteiger partial charge in [-0.15, -0.1) is 0 Å². The Bertz CT molecular complexity index is 1160. The van der Waals surface area contributed by atoms with Crippen molar-refractivity contribution in [1.82, 2.24) is 10.3 Å². The first-order chi connectivity index (χ1) is 16.4. The number of hydrogen-bond donors (Lipinski definition) is 1. The second kappa shape index (κ2) is 10.4. The Morgan fingerprint density at radius 2 is 1.94 bits per heavy atom. The van der Waals surface area contributed by atoms with Gasteiger partial charge >= 0.3 is 0 Å². The van der Waals surface area contributed by atoms with Crippen LogP contribution in [0.5, 0.6) is 17.2 Å². The molecule has 7 heteroatoms. The lowest BCUT2D eigenvalue weighted by atomic mass is 10.0. The zero-order valence-electron chi connectivity index (χ0n) is 19.7. The number of amides is 2. The Labute approximate surface area is 199 Å². The normalized spacial score (nSPS) is 15.4. The van der Waals surface area contributed by atoms with Gasteiger partial charge in [0.05, 0.1) is 5.69 Å². The molecule has 4 rings (SSSR count). The van der Waals surface area contributed by atoms with Crippen LogP contribution in [0.3, 0.4) is 0 Å². The van der Waals surface area contributed by atoms with Crippen molar-refractivity contribution in [2.24, 2.45) is 5.92 Å². The standard InChI is InChI=1S/C27H29N3O4/c1-18(2)9-10-19-11-12-25-24(15-19)30(3)27(32)23(17-33-25)29-26(31)22-16-21(13-14-28-22)34-20-7-5-4-6-8-20/h4-8,11-16,18,23H,9-10,17H2,1-3H3,(H,29,31)/t23-/m1/s1. The monoisotopic (exact) mass is 459 g/mol. The molecule has 2 aromatic carbocycles. The molecule has 0 aliphatic carbocycles. The number of rotatable bonds is 7. The minimum atomic E-state index is -0.843. The molecule has 0 fully saturated rings. The second-order valence-electron chi connectivity index (χ2n) is 8.76. The van der Waals surface area contributed by atoms with Gasteiger partial charge in [0.25, 0.3) is 11.8 Å². The van der Waals surface area contributed by atoms with Crippen LogP contribution in [-0.4, -0.2) is 36.5 Å². The van der Waals surface area contributed by atoms with Crippen LogP contribution in [0.25, 0.3) is 0 Å². The van der Waals surface area contributed by atoms with E-state index in [-0.39, 0.29) is 18.2 Å². The predicted octanol–water partition coefficient (Wildman–Crippen LogP) is 4.62. The van der Waals surface area contributed by atoms with Gasteiger partial charge in [0, 0.05) is 19.3 Å². The van der Waals surface area contributed by atoms with Crippen molar-refractivity contribution in [3.8, 4) is 17.2 Å². The maximum absolute atomic E-state index is 13.1. The first kappa shape index (κ1) is 23.3. The lowest BCUT2D eigenvalue weighted by Crippen LogP contribution is -2.49. The van der Waals surface area contributed by atoms with Gasteiger partial charge < -0.3 is 19.7 Å². The molecule has 1 atom stereocenters. The summed E-state index contributed by atoms with van der Waals surface area (Å²) in [6.45, 7) is 4.41. The van der Waals surface area contributed by atoms with Crippen molar-refractivity contribution in [3.63, 3.8) is 0 Å². The Morgan fingerprint density at radius 3 is 2.71 bits per heavy atom. The Morgan fingerprint density at radius 1 is 1.15 bits per heavy atom. The van der Waals surface area contributed by atoms with Crippen molar-refractivity contribution < 1.29 is 19.1 Å². The molecule has 0 spiro atoms. The molecule has 0 saturated carbocycles. The number of nitrogens with one attached hydrogen (secondary N) is 1. The van der Waals surface area contributed by atoms with Crippen LogP contribution in [0.2, 0.25) is 0 Å². The average Bonchev–Trinajstić information content (AvgIpc) is 2.95. The fourth-order valence-electron chi connectivity index (χ4n) is 3.71. The van der Waals surface area contributed by atoms with E-state index < -0.39 is 11.9 Å². The van der Waals surface area contributed by atoms with E-state index in [0.717, 1.165) is 18.4 Å². The molecule has 7 nitrogen and oxygen atoms in total. The number of hydrogen-bond acceptors (Lipinski definition) is 5. The number of likely N-dealkylation sites (N-methyl/N-ethyl adjacent to an activating group) is 1. The van der Waals surface area contributed by atoms with E-state index in [1.54, 1.807) is 24.1 Å². The zero-order chi connectivity index (χ0) is 24.1. The van der Waals surface area contributed by atoms with Gasteiger partial charge in [0.1, 0.15) is 35.6 Å². The third-order valence-electron chi connectivity index (χ3n) is 5.68. The average molecular weight is 460 g/mol. The summed E-state index contributed by atoms with van der Waals surface area (Å²) in [5, 5.41) is 2.76. The van der Waals surface area contributed by atoms with Crippen molar-refractivity contribution in [1.29, 1.82) is 0 Å². The molecule has 1 N–H and O–H groups in total. The van der Waals surface area contributed by atoms with Gasteiger partial charge in [-0.05, 0) is 54.7 Å². The highest BCUT2D eigenvalue weighted by Gasteiger charge is 2.31. The number of aryl methyl sites for hydroxylation is 1. The van der Waals surface area contributed by atoms with Crippen molar-refractivity contribution in [2.75, 3.05) is 18.6 Å². The smallest absolute Gasteiger partial charge is 0.270 e. The third kappa shape index (κ3) is 5.54. The number of benzene rings is 2. The summed E-state index contributed by atoms with van der Waals surface area (Å²) >= 11 is 0. The van der Waals surface area contributed by atoms with Gasteiger partial charge in [0.15, 0.2) is 0 Å². The fraction of sp³-hybridized carbons (Fsp3) is 0.296. The molecular weight excluding hydrogens is 430 g/mol. The van der Waals surface area contributed by atoms with Crippen molar-refractivity contribution in [3.05, 3.63) is 78.1 Å². The van der Waals surface area contributed by atoms with E-state index in [4.69, 9.17) is 9.47 Å². The summed E-state index contributed by atoms with van der Waals surface area (Å²) in [7, 11) is 1.70. The van der Waals surface area contributed by atoms with Crippen LogP contribution in [-0.2, 0) is 11.2 Å². The second-order valence-corrected chi connectivity index (χ2v) is 8.76. The highest BCUT2D eigenvalue weighted by molar-refractivity contribution is 6.02. The lowest BCUT2D eigenvalue weighted by molar-refractivity contribution is -0.120. The summed E-state index contributed by atoms with van der Waals surface area (Å²) in [5.74, 6) is 1.63. The molecule has 1 aromatic heterocycles. The van der Waals surface area contributed by atoms with Gasteiger partial charge in [0.2, 0.25) is 0 Å². The van der Waals surface area contributed by atoms with E-state index in [9.17, 15) is 9.59 Å². The molecule has 0 bridgehead atoms. The van der Waals surface area contributed by atoms with Crippen LogP contribution < -0.4 is 19.7 Å². The maximum atomic E-state index is 13.1. The molecule has 176 valence electrons. The number of para-hydroxylation sites is 1. The molecule has 1 aliphatic rings. The van der Waals surface area contributed by atoms with E-state index in [1.807, 2.05) is 48.5 Å². The lowest BCUT2D eigenvalue weighted by Gasteiger charge is -2.21. The van der Waals surface area contributed by atoms with Crippen molar-refractivity contribution >= 4 is 17.5 Å². The fourth-order valence-corrected chi connectivity index (χ4v) is 3.71. The van der Waals surface area contributed by atoms with Crippen LogP contribution in [0.1, 0.15) is 36.3 Å². The molecule has 0 unspecified atom stereocenters. The third-order valence-corrected chi connectivity index (χ3v) is 5.68. The molecule has 1 aliphatic heterocycles. The number of carbonyl (C=O) groups is 2. The number of aromatic nitrogens is 1. The molecule has 2 amide bonds. The van der Waals surface area contributed by atoms with Gasteiger partial charge in [-0.1, -0.05) is 38.1 Å². The topological polar surface area (TPSA) is 80.8 Å². The maximum Gasteiger partial charge on any atom is 0.270 e. The number of carbonyl (C=O) groups excluding carboxylic acids is 2. The zero-order valence-corrected chi connectivity index (χ0v) is 19.7. The van der Waals surface area contributed by atoms with E-state index >= 15 is 0 Å². The Kier molecular flexibility index (Phi) is 7.11. The number of fused-ring (bicyclic) bond motifs is 1. The minimum Gasteiger partial charge on any atom is -0.489 e. The van der Waals surface area contributed by atoms with Crippen LogP contribution >= 0.6 is 0 Å². The van der Waals surface area contributed by atoms with Gasteiger partial charge in [-0.2, -0.15) is 0 Å². The highest BCUT2D eigenvalue weighted by Crippen LogP contribution is 2.32. The number of pyridine rings is 1. The summed E-state index contributed by atoms with van der Waals surface area (Å²) in [6, 6.07) is 17.6. The Balaban J connectivity index is 1.45. The summed E-state index contributed by atoms with van der Waals surface area (Å²) in [4.78, 5) is 31.7. The SMILES string of the molecule is CC(C)CCc1ccc2c(c1)N(C)C(=O)[C@H](NC(=O)c1cc(Oc3ccccc3)ccn1)CO2. The van der Waals surface area contributed by atoms with Crippen molar-refractivity contribution in [2.45, 2.75) is 32.7 Å². The minimum absolute atomic E-state index is 0.0352. The summed E-state index contributed by atoms with van der Waals surface area (Å²) < 4.78 is 11.7. The molecule has 34 heavy (non-hydrogen) atoms. The van der Waals surface area contributed by atoms with Crippen LogP contribution in [0.15, 0.2) is 66.9 Å². The number of nitrogens with zero attached hydrogens (tertiary/aromatic N) is 2. The molecule has 2 heterocycles. The first-order valence-corrected chi connectivity index (χ1v) is 11.4. The van der Waals surface area contributed by atoms with E-state index in [1.165, 1.54) is 6.20 Å². The molecular formula is C27H29N3O4. The van der Waals surface area contributed by atoms with Gasteiger partial charge in [-0.3, -0.25) is 14.6 Å². The largest absolute Gasteiger partial charge is 0.489 e. The van der Waals surface area contributed by atoms with E-state index in [0.29, 0.717) is 28.9 Å². The quantitative estimate of drug-likeness (QED) is 0.558. The van der Waals surface area contributed by atoms with E-state index in [2.05, 4.69) is 24.1 Å². The van der Waals surface area contributed by atoms with Crippen LogP contribution in [0.4, 0.5) is 5.69 Å². The number of ether oxygens (including phenoxy) is 2. The molecule has 0 saturated heterocycles. The number of anilines is 1. The molecule has 0 radical (unpaired) electrons. The Hall–Kier alpha value is -3.87. The molecule has 3 aromatic rings. The predicted molar refractivity (Wildman–Crippen MR) is 131 cm³/mol. The summed E-state index contributed by atoms with van der Waals surface area (Å²) in [6.07, 6.45) is 3.50.